The molecule has 1 N–H and O–H groups in total. The van der Waals surface area contributed by atoms with Gasteiger partial charge < -0.3 is 10.2 Å². The number of carbonyl (C=O) groups excluding carboxylic acids is 2. The number of hydrogen-bond acceptors (Lipinski definition) is 4. The molecule has 0 bridgehead atoms. The topological polar surface area (TPSA) is 62.3 Å². The molecule has 1 aromatic rings. The molecular formula is C14H21N3O2S. The van der Waals surface area contributed by atoms with Crippen LogP contribution in [0.3, 0.4) is 0 Å². The highest BCUT2D eigenvalue weighted by Gasteiger charge is 2.49. The summed E-state index contributed by atoms with van der Waals surface area (Å²) in [6, 6.07) is -0.490. The Kier molecular flexibility index (Phi) is 3.62. The largest absolute Gasteiger partial charge is 0.342 e. The van der Waals surface area contributed by atoms with Crippen molar-refractivity contribution in [1.82, 2.24) is 15.2 Å². The van der Waals surface area contributed by atoms with E-state index in [2.05, 4.69) is 10.3 Å². The fourth-order valence-corrected chi connectivity index (χ4v) is 2.84. The Morgan fingerprint density at radius 1 is 1.40 bits per heavy atom. The first-order chi connectivity index (χ1) is 9.14. The summed E-state index contributed by atoms with van der Waals surface area (Å²) in [7, 11) is 0. The van der Waals surface area contributed by atoms with Crippen LogP contribution in [-0.2, 0) is 16.1 Å². The van der Waals surface area contributed by atoms with Gasteiger partial charge in [-0.2, -0.15) is 0 Å². The molecular weight excluding hydrogens is 274 g/mol. The van der Waals surface area contributed by atoms with Crippen LogP contribution < -0.4 is 5.32 Å². The minimum atomic E-state index is -0.844. The van der Waals surface area contributed by atoms with Crippen molar-refractivity contribution in [2.45, 2.75) is 52.7 Å². The molecule has 1 aromatic heterocycles. The van der Waals surface area contributed by atoms with Gasteiger partial charge in [0.2, 0.25) is 11.8 Å². The molecule has 1 aliphatic heterocycles. The van der Waals surface area contributed by atoms with Gasteiger partial charge in [-0.25, -0.2) is 0 Å². The predicted molar refractivity (Wildman–Crippen MR) is 78.1 cm³/mol. The third kappa shape index (κ3) is 2.57. The molecule has 0 aliphatic carbocycles. The number of thiazole rings is 1. The molecule has 6 heteroatoms. The molecule has 1 atom stereocenters. The second kappa shape index (κ2) is 4.84. The maximum atomic E-state index is 12.8. The van der Waals surface area contributed by atoms with E-state index in [1.165, 1.54) is 11.3 Å². The molecule has 2 heterocycles. The van der Waals surface area contributed by atoms with E-state index in [1.807, 2.05) is 20.8 Å². The summed E-state index contributed by atoms with van der Waals surface area (Å²) in [5.41, 5.74) is 0.579. The van der Waals surface area contributed by atoms with Crippen LogP contribution in [0.25, 0.3) is 0 Å². The number of hydrogen-bond donors (Lipinski definition) is 1. The molecule has 1 fully saturated rings. The van der Waals surface area contributed by atoms with Gasteiger partial charge in [0.1, 0.15) is 11.6 Å². The minimum absolute atomic E-state index is 0.0319. The molecule has 0 radical (unpaired) electrons. The maximum Gasteiger partial charge on any atom is 0.246 e. The highest BCUT2D eigenvalue weighted by Crippen LogP contribution is 2.31. The van der Waals surface area contributed by atoms with Gasteiger partial charge in [0.25, 0.3) is 0 Å². The summed E-state index contributed by atoms with van der Waals surface area (Å²) >= 11 is 1.49. The van der Waals surface area contributed by atoms with Crippen LogP contribution in [-0.4, -0.2) is 33.3 Å². The highest BCUT2D eigenvalue weighted by molar-refractivity contribution is 7.09. The molecule has 2 rings (SSSR count). The lowest BCUT2D eigenvalue weighted by Gasteiger charge is -2.47. The minimum Gasteiger partial charge on any atom is -0.342 e. The standard InChI is InChI=1S/C14H21N3O2S/c1-13(2,3)10-11(18)17(7-9-6-15-8-20-9)14(4,5)12(19)16-10/h6,8,10H,7H2,1-5H3,(H,16,19). The number of nitrogens with zero attached hydrogens (tertiary/aromatic N) is 2. The molecule has 110 valence electrons. The Labute approximate surface area is 123 Å². The lowest BCUT2D eigenvalue weighted by molar-refractivity contribution is -0.159. The molecule has 2 amide bonds. The third-order valence-corrected chi connectivity index (χ3v) is 4.45. The summed E-state index contributed by atoms with van der Waals surface area (Å²) in [5.74, 6) is -0.142. The van der Waals surface area contributed by atoms with E-state index >= 15 is 0 Å². The van der Waals surface area contributed by atoms with E-state index in [4.69, 9.17) is 0 Å². The molecule has 0 aromatic carbocycles. The Balaban J connectivity index is 2.33. The molecule has 0 saturated carbocycles. The first kappa shape index (κ1) is 15.0. The van der Waals surface area contributed by atoms with Crippen LogP contribution in [0, 0.1) is 5.41 Å². The van der Waals surface area contributed by atoms with E-state index < -0.39 is 11.6 Å². The average molecular weight is 295 g/mol. The lowest BCUT2D eigenvalue weighted by Crippen LogP contribution is -2.70. The van der Waals surface area contributed by atoms with E-state index in [0.717, 1.165) is 4.88 Å². The zero-order valence-electron chi connectivity index (χ0n) is 12.6. The average Bonchev–Trinajstić information content (AvgIpc) is 2.81. The number of carbonyl (C=O) groups is 2. The molecule has 1 unspecified atom stereocenters. The Bertz CT molecular complexity index is 517. The zero-order valence-corrected chi connectivity index (χ0v) is 13.4. The zero-order chi connectivity index (χ0) is 15.1. The van der Waals surface area contributed by atoms with Crippen molar-refractivity contribution >= 4 is 23.2 Å². The highest BCUT2D eigenvalue weighted by atomic mass is 32.1. The van der Waals surface area contributed by atoms with Gasteiger partial charge in [-0.05, 0) is 19.3 Å². The fourth-order valence-electron chi connectivity index (χ4n) is 2.26. The van der Waals surface area contributed by atoms with Crippen LogP contribution in [0.2, 0.25) is 0 Å². The van der Waals surface area contributed by atoms with E-state index in [0.29, 0.717) is 6.54 Å². The molecule has 20 heavy (non-hydrogen) atoms. The summed E-state index contributed by atoms with van der Waals surface area (Å²) in [5, 5.41) is 2.86. The summed E-state index contributed by atoms with van der Waals surface area (Å²) in [6.07, 6.45) is 1.74. The number of aromatic nitrogens is 1. The van der Waals surface area contributed by atoms with Gasteiger partial charge in [0, 0.05) is 11.1 Å². The smallest absolute Gasteiger partial charge is 0.246 e. The van der Waals surface area contributed by atoms with Gasteiger partial charge in [-0.1, -0.05) is 20.8 Å². The molecule has 1 aliphatic rings. The number of rotatable bonds is 2. The quantitative estimate of drug-likeness (QED) is 0.905. The van der Waals surface area contributed by atoms with Gasteiger partial charge >= 0.3 is 0 Å². The third-order valence-electron chi connectivity index (χ3n) is 3.68. The summed E-state index contributed by atoms with van der Waals surface area (Å²) < 4.78 is 0. The second-order valence-electron chi connectivity index (χ2n) is 6.72. The van der Waals surface area contributed by atoms with Crippen LogP contribution in [0.15, 0.2) is 11.7 Å². The first-order valence-corrected chi connectivity index (χ1v) is 7.52. The van der Waals surface area contributed by atoms with Gasteiger partial charge in [0.05, 0.1) is 12.1 Å². The van der Waals surface area contributed by atoms with Crippen molar-refractivity contribution < 1.29 is 9.59 Å². The van der Waals surface area contributed by atoms with Crippen LogP contribution in [0.4, 0.5) is 0 Å². The Hall–Kier alpha value is -1.43. The monoisotopic (exact) mass is 295 g/mol. The Morgan fingerprint density at radius 2 is 2.05 bits per heavy atom. The van der Waals surface area contributed by atoms with Crippen molar-refractivity contribution in [1.29, 1.82) is 0 Å². The maximum absolute atomic E-state index is 12.8. The lowest BCUT2D eigenvalue weighted by atomic mass is 9.82. The number of amides is 2. The number of piperazine rings is 1. The van der Waals surface area contributed by atoms with Gasteiger partial charge in [-0.15, -0.1) is 11.3 Å². The Morgan fingerprint density at radius 3 is 2.55 bits per heavy atom. The SMILES string of the molecule is CC(C)(C)C1NC(=O)C(C)(C)N(Cc2cncs2)C1=O. The summed E-state index contributed by atoms with van der Waals surface area (Å²) in [6.45, 7) is 9.86. The van der Waals surface area contributed by atoms with Crippen molar-refractivity contribution in [2.75, 3.05) is 0 Å². The summed E-state index contributed by atoms with van der Waals surface area (Å²) in [4.78, 5) is 31.8. The molecule has 1 saturated heterocycles. The first-order valence-electron chi connectivity index (χ1n) is 6.64. The van der Waals surface area contributed by atoms with Crippen molar-refractivity contribution in [3.8, 4) is 0 Å². The van der Waals surface area contributed by atoms with Crippen LogP contribution >= 0.6 is 11.3 Å². The van der Waals surface area contributed by atoms with Gasteiger partial charge in [0.15, 0.2) is 0 Å². The van der Waals surface area contributed by atoms with Crippen molar-refractivity contribution in [3.63, 3.8) is 0 Å². The molecule has 5 nitrogen and oxygen atoms in total. The van der Waals surface area contributed by atoms with Crippen LogP contribution in [0.5, 0.6) is 0 Å². The molecule has 0 spiro atoms. The second-order valence-corrected chi connectivity index (χ2v) is 7.69. The predicted octanol–water partition coefficient (Wildman–Crippen LogP) is 1.79. The van der Waals surface area contributed by atoms with E-state index in [9.17, 15) is 9.59 Å². The van der Waals surface area contributed by atoms with Gasteiger partial charge in [-0.3, -0.25) is 14.6 Å². The van der Waals surface area contributed by atoms with E-state index in [-0.39, 0.29) is 17.2 Å². The van der Waals surface area contributed by atoms with Crippen LogP contribution in [0.1, 0.15) is 39.5 Å². The van der Waals surface area contributed by atoms with Crippen molar-refractivity contribution in [2.24, 2.45) is 5.41 Å². The normalized spacial score (nSPS) is 22.9. The van der Waals surface area contributed by atoms with Crippen molar-refractivity contribution in [3.05, 3.63) is 16.6 Å². The van der Waals surface area contributed by atoms with E-state index in [1.54, 1.807) is 30.5 Å². The number of nitrogens with one attached hydrogen (secondary N) is 1. The fraction of sp³-hybridized carbons (Fsp3) is 0.643.